The Morgan fingerprint density at radius 1 is 0.964 bits per heavy atom. The fourth-order valence-electron chi connectivity index (χ4n) is 2.98. The molecule has 0 heterocycles. The number of amides is 1. The van der Waals surface area contributed by atoms with Crippen molar-refractivity contribution in [2.45, 2.75) is 32.2 Å². The highest BCUT2D eigenvalue weighted by atomic mass is 35.5. The quantitative estimate of drug-likeness (QED) is 0.645. The molecule has 0 aliphatic heterocycles. The fraction of sp³-hybridized carbons (Fsp3) is 0.381. The normalized spacial score (nSPS) is 11.1. The second kappa shape index (κ2) is 9.39. The van der Waals surface area contributed by atoms with Crippen LogP contribution in [-0.4, -0.2) is 27.2 Å². The van der Waals surface area contributed by atoms with Crippen LogP contribution < -0.4 is 19.5 Å². The first-order valence-electron chi connectivity index (χ1n) is 8.78. The summed E-state index contributed by atoms with van der Waals surface area (Å²) in [4.78, 5) is 12.6. The van der Waals surface area contributed by atoms with E-state index in [9.17, 15) is 4.79 Å². The molecule has 1 N–H and O–H groups in total. The molecule has 0 aromatic heterocycles. The maximum Gasteiger partial charge on any atom is 0.221 e. The van der Waals surface area contributed by atoms with E-state index in [1.54, 1.807) is 39.5 Å². The lowest BCUT2D eigenvalue weighted by atomic mass is 9.94. The van der Waals surface area contributed by atoms with Gasteiger partial charge in [-0.3, -0.25) is 4.79 Å². The average molecular weight is 426 g/mol. The summed E-state index contributed by atoms with van der Waals surface area (Å²) in [5.41, 5.74) is 1.15. The van der Waals surface area contributed by atoms with E-state index in [1.807, 2.05) is 26.0 Å². The first-order chi connectivity index (χ1) is 13.2. The van der Waals surface area contributed by atoms with Gasteiger partial charge >= 0.3 is 0 Å². The van der Waals surface area contributed by atoms with Gasteiger partial charge in [-0.25, -0.2) is 0 Å². The molecule has 152 valence electrons. The zero-order chi connectivity index (χ0) is 20.9. The molecule has 0 radical (unpaired) electrons. The van der Waals surface area contributed by atoms with Crippen LogP contribution in [0.4, 0.5) is 0 Å². The molecule has 0 fully saturated rings. The Hall–Kier alpha value is -2.11. The van der Waals surface area contributed by atoms with Gasteiger partial charge in [-0.1, -0.05) is 35.3 Å². The van der Waals surface area contributed by atoms with E-state index in [-0.39, 0.29) is 12.3 Å². The Labute approximate surface area is 175 Å². The lowest BCUT2D eigenvalue weighted by molar-refractivity contribution is -0.122. The molecular weight excluding hydrogens is 401 g/mol. The van der Waals surface area contributed by atoms with Crippen LogP contribution in [-0.2, 0) is 16.8 Å². The predicted molar refractivity (Wildman–Crippen MR) is 112 cm³/mol. The number of nitrogens with one attached hydrogen (secondary N) is 1. The minimum Gasteiger partial charge on any atom is -0.493 e. The largest absolute Gasteiger partial charge is 0.493 e. The van der Waals surface area contributed by atoms with Crippen LogP contribution >= 0.6 is 23.2 Å². The van der Waals surface area contributed by atoms with Crippen molar-refractivity contribution in [3.05, 3.63) is 51.5 Å². The number of benzene rings is 2. The molecule has 2 aromatic carbocycles. The number of carbonyl (C=O) groups is 1. The molecule has 0 spiro atoms. The minimum atomic E-state index is -0.590. The molecule has 0 aliphatic carbocycles. The third-order valence-corrected chi connectivity index (χ3v) is 5.24. The highest BCUT2D eigenvalue weighted by Gasteiger charge is 2.24. The standard InChI is InChI=1S/C21H25Cl2NO4/c1-21(2,14-8-9-15(22)16(23)12-14)24-18(25)11-7-13-6-10-17(26-3)20(28-5)19(13)27-4/h6,8-10,12H,7,11H2,1-5H3,(H,24,25). The number of halogens is 2. The molecule has 0 saturated carbocycles. The second-order valence-electron chi connectivity index (χ2n) is 6.80. The van der Waals surface area contributed by atoms with Crippen LogP contribution in [0, 0.1) is 0 Å². The maximum absolute atomic E-state index is 12.6. The number of aryl methyl sites for hydroxylation is 1. The van der Waals surface area contributed by atoms with Crippen LogP contribution in [0.15, 0.2) is 30.3 Å². The van der Waals surface area contributed by atoms with Crippen molar-refractivity contribution in [3.63, 3.8) is 0 Å². The Balaban J connectivity index is 2.10. The first-order valence-corrected chi connectivity index (χ1v) is 9.53. The second-order valence-corrected chi connectivity index (χ2v) is 7.61. The van der Waals surface area contributed by atoms with Gasteiger partial charge in [0.05, 0.1) is 36.9 Å². The molecule has 7 heteroatoms. The average Bonchev–Trinajstić information content (AvgIpc) is 2.66. The third kappa shape index (κ3) is 5.03. The fourth-order valence-corrected chi connectivity index (χ4v) is 3.27. The molecular formula is C21H25Cl2NO4. The van der Waals surface area contributed by atoms with E-state index in [0.717, 1.165) is 11.1 Å². The molecule has 0 bridgehead atoms. The molecule has 2 rings (SSSR count). The number of hydrogen-bond donors (Lipinski definition) is 1. The summed E-state index contributed by atoms with van der Waals surface area (Å²) >= 11 is 12.1. The summed E-state index contributed by atoms with van der Waals surface area (Å²) in [7, 11) is 4.68. The number of hydrogen-bond acceptors (Lipinski definition) is 4. The van der Waals surface area contributed by atoms with Crippen molar-refractivity contribution in [2.24, 2.45) is 0 Å². The highest BCUT2D eigenvalue weighted by molar-refractivity contribution is 6.42. The van der Waals surface area contributed by atoms with Crippen molar-refractivity contribution < 1.29 is 19.0 Å². The van der Waals surface area contributed by atoms with Gasteiger partial charge in [-0.2, -0.15) is 0 Å². The van der Waals surface area contributed by atoms with Gasteiger partial charge in [-0.15, -0.1) is 0 Å². The Morgan fingerprint density at radius 2 is 1.64 bits per heavy atom. The zero-order valence-electron chi connectivity index (χ0n) is 16.7. The van der Waals surface area contributed by atoms with Crippen molar-refractivity contribution in [2.75, 3.05) is 21.3 Å². The Kier molecular flexibility index (Phi) is 7.44. The summed E-state index contributed by atoms with van der Waals surface area (Å²) in [6, 6.07) is 9.01. The summed E-state index contributed by atoms with van der Waals surface area (Å²) < 4.78 is 16.2. The lowest BCUT2D eigenvalue weighted by Crippen LogP contribution is -2.41. The van der Waals surface area contributed by atoms with E-state index in [4.69, 9.17) is 37.4 Å². The smallest absolute Gasteiger partial charge is 0.221 e. The predicted octanol–water partition coefficient (Wildman–Crippen LogP) is 5.00. The lowest BCUT2D eigenvalue weighted by Gasteiger charge is -2.27. The van der Waals surface area contributed by atoms with Crippen LogP contribution in [0.25, 0.3) is 0 Å². The highest BCUT2D eigenvalue weighted by Crippen LogP contribution is 2.40. The molecule has 0 saturated heterocycles. The van der Waals surface area contributed by atoms with Crippen LogP contribution in [0.3, 0.4) is 0 Å². The van der Waals surface area contributed by atoms with E-state index < -0.39 is 5.54 Å². The monoisotopic (exact) mass is 425 g/mol. The number of rotatable bonds is 8. The van der Waals surface area contributed by atoms with Crippen LogP contribution in [0.2, 0.25) is 10.0 Å². The molecule has 1 amide bonds. The molecule has 28 heavy (non-hydrogen) atoms. The van der Waals surface area contributed by atoms with E-state index >= 15 is 0 Å². The number of ether oxygens (including phenoxy) is 3. The van der Waals surface area contributed by atoms with Crippen LogP contribution in [0.5, 0.6) is 17.2 Å². The molecule has 0 aliphatic rings. The Morgan fingerprint density at radius 3 is 2.21 bits per heavy atom. The molecule has 0 atom stereocenters. The number of carbonyl (C=O) groups excluding carboxylic acids is 1. The van der Waals surface area contributed by atoms with E-state index in [0.29, 0.717) is 33.7 Å². The topological polar surface area (TPSA) is 56.8 Å². The van der Waals surface area contributed by atoms with E-state index in [1.165, 1.54) is 0 Å². The summed E-state index contributed by atoms with van der Waals surface area (Å²) in [6.45, 7) is 3.84. The van der Waals surface area contributed by atoms with Crippen molar-refractivity contribution in [1.82, 2.24) is 5.32 Å². The van der Waals surface area contributed by atoms with Crippen LogP contribution in [0.1, 0.15) is 31.4 Å². The SMILES string of the molecule is COc1ccc(CCC(=O)NC(C)(C)c2ccc(Cl)c(Cl)c2)c(OC)c1OC. The zero-order valence-corrected chi connectivity index (χ0v) is 18.2. The van der Waals surface area contributed by atoms with Gasteiger partial charge in [0.1, 0.15) is 0 Å². The van der Waals surface area contributed by atoms with Crippen molar-refractivity contribution in [1.29, 1.82) is 0 Å². The molecule has 2 aromatic rings. The van der Waals surface area contributed by atoms with E-state index in [2.05, 4.69) is 5.32 Å². The summed E-state index contributed by atoms with van der Waals surface area (Å²) in [6.07, 6.45) is 0.781. The number of methoxy groups -OCH3 is 3. The van der Waals surface area contributed by atoms with Gasteiger partial charge in [0.25, 0.3) is 0 Å². The van der Waals surface area contributed by atoms with Gasteiger partial charge in [-0.05, 0) is 49.6 Å². The van der Waals surface area contributed by atoms with Gasteiger partial charge in [0.2, 0.25) is 11.7 Å². The third-order valence-electron chi connectivity index (χ3n) is 4.50. The van der Waals surface area contributed by atoms with Crippen molar-refractivity contribution in [3.8, 4) is 17.2 Å². The first kappa shape index (κ1) is 22.2. The minimum absolute atomic E-state index is 0.0899. The Bertz CT molecular complexity index is 853. The molecule has 5 nitrogen and oxygen atoms in total. The summed E-state index contributed by atoms with van der Waals surface area (Å²) in [5, 5.41) is 3.98. The van der Waals surface area contributed by atoms with Crippen molar-refractivity contribution >= 4 is 29.1 Å². The van der Waals surface area contributed by atoms with Gasteiger partial charge < -0.3 is 19.5 Å². The molecule has 0 unspecified atom stereocenters. The maximum atomic E-state index is 12.6. The van der Waals surface area contributed by atoms with Gasteiger partial charge in [0.15, 0.2) is 11.5 Å². The summed E-state index contributed by atoms with van der Waals surface area (Å²) in [5.74, 6) is 1.57. The van der Waals surface area contributed by atoms with Gasteiger partial charge in [0, 0.05) is 6.42 Å².